The Morgan fingerprint density at radius 1 is 1.42 bits per heavy atom. The van der Waals surface area contributed by atoms with Gasteiger partial charge in [-0.2, -0.15) is 17.5 Å². The van der Waals surface area contributed by atoms with Gasteiger partial charge in [0, 0.05) is 11.1 Å². The van der Waals surface area contributed by atoms with Gasteiger partial charge in [-0.1, -0.05) is 0 Å². The molecule has 1 aliphatic rings. The van der Waals surface area contributed by atoms with Crippen molar-refractivity contribution in [2.45, 2.75) is 11.1 Å². The second-order valence-corrected chi connectivity index (χ2v) is 6.29. The highest BCUT2D eigenvalue weighted by atomic mass is 32.2. The Bertz CT molecular complexity index is 659. The second-order valence-electron chi connectivity index (χ2n) is 3.42. The molecule has 10 heteroatoms. The largest absolute Gasteiger partial charge is 0.452 e. The number of amides is 1. The number of fused-ring (bicyclic) bond motifs is 1. The molecule has 2 heterocycles. The summed E-state index contributed by atoms with van der Waals surface area (Å²) in [6.07, 6.45) is -3.85. The number of carbonyl (C=O) groups excluding carboxylic acids is 1. The maximum absolute atomic E-state index is 12.5. The van der Waals surface area contributed by atoms with Crippen LogP contribution in [0.4, 0.5) is 18.0 Å². The van der Waals surface area contributed by atoms with Gasteiger partial charge in [-0.05, 0) is 12.1 Å². The first-order chi connectivity index (χ1) is 8.67. The van der Waals surface area contributed by atoms with Crippen molar-refractivity contribution in [3.63, 3.8) is 0 Å². The Morgan fingerprint density at radius 3 is 2.58 bits per heavy atom. The number of rotatable bonds is 0. The number of sulfonamides is 1. The lowest BCUT2D eigenvalue weighted by molar-refractivity contribution is -0.134. The summed E-state index contributed by atoms with van der Waals surface area (Å²) >= 11 is 0.296. The Kier molecular flexibility index (Phi) is 3.09. The fourth-order valence-corrected chi connectivity index (χ4v) is 4.04. The molecule has 0 aromatic carbocycles. The number of hydrogen-bond acceptors (Lipinski definition) is 5. The lowest BCUT2D eigenvalue weighted by Gasteiger charge is -2.19. The fraction of sp³-hybridized carbons (Fsp3) is 0.222. The molecule has 0 spiro atoms. The van der Waals surface area contributed by atoms with E-state index in [1.165, 1.54) is 0 Å². The van der Waals surface area contributed by atoms with E-state index < -0.39 is 32.1 Å². The van der Waals surface area contributed by atoms with Crippen LogP contribution in [0.15, 0.2) is 17.2 Å². The first kappa shape index (κ1) is 13.9. The van der Waals surface area contributed by atoms with Crippen LogP contribution in [0.2, 0.25) is 0 Å². The molecule has 0 saturated heterocycles. The maximum Gasteiger partial charge on any atom is 0.427 e. The summed E-state index contributed by atoms with van der Waals surface area (Å²) in [5.41, 5.74) is 0. The monoisotopic (exact) mass is 313 g/mol. The van der Waals surface area contributed by atoms with Crippen LogP contribution >= 0.6 is 11.3 Å². The van der Waals surface area contributed by atoms with E-state index in [0.717, 1.165) is 19.4 Å². The highest BCUT2D eigenvalue weighted by Crippen LogP contribution is 2.41. The van der Waals surface area contributed by atoms with E-state index in [0.29, 0.717) is 17.4 Å². The third kappa shape index (κ3) is 2.21. The summed E-state index contributed by atoms with van der Waals surface area (Å²) in [6.45, 7) is 0. The quantitative estimate of drug-likeness (QED) is 0.738. The van der Waals surface area contributed by atoms with E-state index in [9.17, 15) is 26.4 Å². The smallest absolute Gasteiger partial charge is 0.427 e. The molecule has 1 aromatic rings. The average Bonchev–Trinajstić information content (AvgIpc) is 2.73. The van der Waals surface area contributed by atoms with Gasteiger partial charge in [0.25, 0.3) is 10.0 Å². The fourth-order valence-electron chi connectivity index (χ4n) is 1.42. The van der Waals surface area contributed by atoms with Gasteiger partial charge in [0.05, 0.1) is 7.11 Å². The van der Waals surface area contributed by atoms with Crippen molar-refractivity contribution in [2.75, 3.05) is 7.11 Å². The van der Waals surface area contributed by atoms with Gasteiger partial charge in [-0.25, -0.2) is 13.2 Å². The van der Waals surface area contributed by atoms with Crippen LogP contribution in [0, 0.1) is 0 Å². The third-order valence-electron chi connectivity index (χ3n) is 2.26. The summed E-state index contributed by atoms with van der Waals surface area (Å²) in [5, 5.41) is 0. The number of alkyl halides is 3. The minimum Gasteiger partial charge on any atom is -0.452 e. The standard InChI is InChI=1S/C9H6F3NO4S2/c1-17-8(14)13-3-2-5-6(19(13,15)16)4-7(18-5)9(10,11)12/h2-4H,1H3. The number of thiophene rings is 1. The molecule has 0 N–H and O–H groups in total. The van der Waals surface area contributed by atoms with E-state index in [1.54, 1.807) is 0 Å². The van der Waals surface area contributed by atoms with Crippen LogP contribution in [0.5, 0.6) is 0 Å². The molecule has 0 atom stereocenters. The first-order valence-corrected chi connectivity index (χ1v) is 6.95. The van der Waals surface area contributed by atoms with Crippen LogP contribution in [0.3, 0.4) is 0 Å². The van der Waals surface area contributed by atoms with E-state index in [-0.39, 0.29) is 9.18 Å². The molecule has 1 amide bonds. The number of halogens is 3. The molecule has 19 heavy (non-hydrogen) atoms. The predicted octanol–water partition coefficient (Wildman–Crippen LogP) is 2.51. The van der Waals surface area contributed by atoms with Gasteiger partial charge in [-0.15, -0.1) is 11.3 Å². The highest BCUT2D eigenvalue weighted by molar-refractivity contribution is 7.90. The molecule has 1 aliphatic heterocycles. The molecule has 0 radical (unpaired) electrons. The molecule has 0 unspecified atom stereocenters. The zero-order chi connectivity index (χ0) is 14.4. The molecule has 2 rings (SSSR count). The van der Waals surface area contributed by atoms with Gasteiger partial charge in [0.2, 0.25) is 0 Å². The van der Waals surface area contributed by atoms with Crippen LogP contribution in [0.25, 0.3) is 6.08 Å². The second kappa shape index (κ2) is 4.23. The van der Waals surface area contributed by atoms with Crippen molar-refractivity contribution in [1.82, 2.24) is 4.31 Å². The number of ether oxygens (including phenoxy) is 1. The molecule has 0 bridgehead atoms. The average molecular weight is 313 g/mol. The number of nitrogens with zero attached hydrogens (tertiary/aromatic N) is 1. The number of carbonyl (C=O) groups is 1. The van der Waals surface area contributed by atoms with E-state index >= 15 is 0 Å². The lowest BCUT2D eigenvalue weighted by atomic mass is 10.4. The Morgan fingerprint density at radius 2 is 2.05 bits per heavy atom. The van der Waals surface area contributed by atoms with Gasteiger partial charge in [0.15, 0.2) is 0 Å². The zero-order valence-corrected chi connectivity index (χ0v) is 10.9. The van der Waals surface area contributed by atoms with Crippen molar-refractivity contribution in [1.29, 1.82) is 0 Å². The van der Waals surface area contributed by atoms with Gasteiger partial charge in [-0.3, -0.25) is 0 Å². The summed E-state index contributed by atoms with van der Waals surface area (Å²) in [7, 11) is -3.38. The number of hydrogen-bond donors (Lipinski definition) is 0. The molecule has 104 valence electrons. The van der Waals surface area contributed by atoms with Crippen LogP contribution in [0.1, 0.15) is 9.75 Å². The van der Waals surface area contributed by atoms with Crippen LogP contribution in [-0.2, 0) is 20.9 Å². The highest BCUT2D eigenvalue weighted by Gasteiger charge is 2.40. The van der Waals surface area contributed by atoms with E-state index in [1.807, 2.05) is 0 Å². The SMILES string of the molecule is COC(=O)N1C=Cc2sc(C(F)(F)F)cc2S1(=O)=O. The molecule has 0 saturated carbocycles. The van der Waals surface area contributed by atoms with Crippen molar-refractivity contribution in [3.05, 3.63) is 22.0 Å². The molecule has 0 fully saturated rings. The minimum absolute atomic E-state index is 0.0764. The normalized spacial score (nSPS) is 17.2. The van der Waals surface area contributed by atoms with Crippen molar-refractivity contribution < 1.29 is 31.1 Å². The molecule has 0 aliphatic carbocycles. The van der Waals surface area contributed by atoms with Crippen LogP contribution in [-0.4, -0.2) is 25.9 Å². The third-order valence-corrected chi connectivity index (χ3v) is 5.21. The van der Waals surface area contributed by atoms with Crippen molar-refractivity contribution in [2.24, 2.45) is 0 Å². The number of methoxy groups -OCH3 is 1. The maximum atomic E-state index is 12.5. The molecular weight excluding hydrogens is 307 g/mol. The summed E-state index contributed by atoms with van der Waals surface area (Å²) in [5.74, 6) is 0. The van der Waals surface area contributed by atoms with Crippen molar-refractivity contribution >= 4 is 33.5 Å². The van der Waals surface area contributed by atoms with E-state index in [4.69, 9.17) is 0 Å². The van der Waals surface area contributed by atoms with Crippen LogP contribution < -0.4 is 0 Å². The first-order valence-electron chi connectivity index (χ1n) is 4.69. The minimum atomic E-state index is -4.64. The van der Waals surface area contributed by atoms with E-state index in [2.05, 4.69) is 4.74 Å². The molecule has 1 aromatic heterocycles. The van der Waals surface area contributed by atoms with Crippen molar-refractivity contribution in [3.8, 4) is 0 Å². The topological polar surface area (TPSA) is 63.7 Å². The summed E-state index contributed by atoms with van der Waals surface area (Å²) in [4.78, 5) is 9.57. The lowest BCUT2D eigenvalue weighted by Crippen LogP contribution is -2.33. The zero-order valence-electron chi connectivity index (χ0n) is 9.26. The molecule has 5 nitrogen and oxygen atoms in total. The Balaban J connectivity index is 2.56. The summed E-state index contributed by atoms with van der Waals surface area (Å²) in [6, 6.07) is 0.509. The molecular formula is C9H6F3NO4S2. The Hall–Kier alpha value is -1.55. The van der Waals surface area contributed by atoms with Gasteiger partial charge >= 0.3 is 12.3 Å². The van der Waals surface area contributed by atoms with Gasteiger partial charge in [0.1, 0.15) is 9.77 Å². The van der Waals surface area contributed by atoms with Gasteiger partial charge < -0.3 is 4.74 Å². The Labute approximate surface area is 109 Å². The predicted molar refractivity (Wildman–Crippen MR) is 59.8 cm³/mol. The summed E-state index contributed by atoms with van der Waals surface area (Å²) < 4.78 is 66.0.